The molecule has 20 heavy (non-hydrogen) atoms. The van der Waals surface area contributed by atoms with Gasteiger partial charge in [-0.05, 0) is 66.6 Å². The Hall–Kier alpha value is -1.67. The van der Waals surface area contributed by atoms with Crippen LogP contribution in [0.4, 0.5) is 0 Å². The molecule has 0 aliphatic heterocycles. The van der Waals surface area contributed by atoms with Crippen molar-refractivity contribution in [2.24, 2.45) is 0 Å². The average Bonchev–Trinajstić information content (AvgIpc) is 2.90. The maximum absolute atomic E-state index is 4.10. The van der Waals surface area contributed by atoms with Crippen molar-refractivity contribution >= 4 is 0 Å². The lowest BCUT2D eigenvalue weighted by atomic mass is 9.97. The van der Waals surface area contributed by atoms with Crippen LogP contribution in [0.25, 0.3) is 0 Å². The van der Waals surface area contributed by atoms with Crippen LogP contribution in [0, 0.1) is 0 Å². The summed E-state index contributed by atoms with van der Waals surface area (Å²) in [5, 5.41) is 3.67. The molecule has 0 radical (unpaired) electrons. The first-order chi connectivity index (χ1) is 9.88. The SMILES string of the molecule is CCCNC1CCc2c(Cc3ccncc3)cccc21. The fourth-order valence-electron chi connectivity index (χ4n) is 3.15. The maximum Gasteiger partial charge on any atom is 0.0326 e. The molecule has 0 amide bonds. The predicted molar refractivity (Wildman–Crippen MR) is 82.8 cm³/mol. The Balaban J connectivity index is 1.82. The summed E-state index contributed by atoms with van der Waals surface area (Å²) in [6, 6.07) is 11.6. The second-order valence-corrected chi connectivity index (χ2v) is 5.56. The molecule has 1 atom stereocenters. The number of nitrogens with zero attached hydrogens (tertiary/aromatic N) is 1. The molecule has 2 heteroatoms. The van der Waals surface area contributed by atoms with E-state index in [-0.39, 0.29) is 0 Å². The minimum Gasteiger partial charge on any atom is -0.310 e. The van der Waals surface area contributed by atoms with Crippen molar-refractivity contribution in [3.8, 4) is 0 Å². The molecule has 0 saturated heterocycles. The molecule has 2 aromatic rings. The van der Waals surface area contributed by atoms with Crippen molar-refractivity contribution in [2.45, 2.75) is 38.6 Å². The van der Waals surface area contributed by atoms with Gasteiger partial charge in [-0.2, -0.15) is 0 Å². The second-order valence-electron chi connectivity index (χ2n) is 5.56. The molecule has 1 aliphatic rings. The lowest BCUT2D eigenvalue weighted by Gasteiger charge is -2.14. The van der Waals surface area contributed by atoms with Crippen LogP contribution in [0.3, 0.4) is 0 Å². The van der Waals surface area contributed by atoms with Crippen LogP contribution < -0.4 is 5.32 Å². The quantitative estimate of drug-likeness (QED) is 0.893. The molecule has 104 valence electrons. The number of benzene rings is 1. The lowest BCUT2D eigenvalue weighted by Crippen LogP contribution is -2.19. The predicted octanol–water partition coefficient (Wildman–Crippen LogP) is 3.66. The topological polar surface area (TPSA) is 24.9 Å². The lowest BCUT2D eigenvalue weighted by molar-refractivity contribution is 0.529. The van der Waals surface area contributed by atoms with Crippen LogP contribution in [0.15, 0.2) is 42.7 Å². The number of hydrogen-bond acceptors (Lipinski definition) is 2. The zero-order valence-corrected chi connectivity index (χ0v) is 12.1. The largest absolute Gasteiger partial charge is 0.310 e. The standard InChI is InChI=1S/C18H22N2/c1-2-10-20-18-7-6-16-15(4-3-5-17(16)18)13-14-8-11-19-12-9-14/h3-5,8-9,11-12,18,20H,2,6-7,10,13H2,1H3. The summed E-state index contributed by atoms with van der Waals surface area (Å²) in [6.07, 6.45) is 8.42. The number of fused-ring (bicyclic) bond motifs is 1. The number of rotatable bonds is 5. The zero-order chi connectivity index (χ0) is 13.8. The van der Waals surface area contributed by atoms with Crippen LogP contribution in [-0.4, -0.2) is 11.5 Å². The molecular weight excluding hydrogens is 244 g/mol. The molecule has 1 N–H and O–H groups in total. The number of hydrogen-bond donors (Lipinski definition) is 1. The Morgan fingerprint density at radius 2 is 2.05 bits per heavy atom. The van der Waals surface area contributed by atoms with Crippen molar-refractivity contribution < 1.29 is 0 Å². The molecule has 0 fully saturated rings. The fraction of sp³-hybridized carbons (Fsp3) is 0.389. The van der Waals surface area contributed by atoms with E-state index in [2.05, 4.69) is 47.6 Å². The van der Waals surface area contributed by atoms with Crippen molar-refractivity contribution in [2.75, 3.05) is 6.54 Å². The fourth-order valence-corrected chi connectivity index (χ4v) is 3.15. The highest BCUT2D eigenvalue weighted by Gasteiger charge is 2.23. The summed E-state index contributed by atoms with van der Waals surface area (Å²) in [5.74, 6) is 0. The minimum atomic E-state index is 0.558. The molecule has 2 nitrogen and oxygen atoms in total. The molecule has 1 unspecified atom stereocenters. The van der Waals surface area contributed by atoms with Crippen molar-refractivity contribution in [3.05, 3.63) is 65.0 Å². The Bertz CT molecular complexity index is 563. The van der Waals surface area contributed by atoms with Gasteiger partial charge in [-0.3, -0.25) is 4.98 Å². The minimum absolute atomic E-state index is 0.558. The number of nitrogens with one attached hydrogen (secondary N) is 1. The van der Waals surface area contributed by atoms with E-state index in [1.165, 1.54) is 36.0 Å². The third-order valence-electron chi connectivity index (χ3n) is 4.15. The van der Waals surface area contributed by atoms with Crippen LogP contribution >= 0.6 is 0 Å². The Morgan fingerprint density at radius 3 is 2.85 bits per heavy atom. The van der Waals surface area contributed by atoms with Gasteiger partial charge in [-0.15, -0.1) is 0 Å². The first kappa shape index (κ1) is 13.3. The van der Waals surface area contributed by atoms with Gasteiger partial charge in [0.1, 0.15) is 0 Å². The summed E-state index contributed by atoms with van der Waals surface area (Å²) >= 11 is 0. The van der Waals surface area contributed by atoms with E-state index in [0.717, 1.165) is 13.0 Å². The van der Waals surface area contributed by atoms with Crippen LogP contribution in [-0.2, 0) is 12.8 Å². The van der Waals surface area contributed by atoms with Crippen LogP contribution in [0.1, 0.15) is 48.1 Å². The van der Waals surface area contributed by atoms with Gasteiger partial charge in [0.2, 0.25) is 0 Å². The van der Waals surface area contributed by atoms with Crippen molar-refractivity contribution in [1.82, 2.24) is 10.3 Å². The average molecular weight is 266 g/mol. The number of pyridine rings is 1. The van der Waals surface area contributed by atoms with E-state index in [9.17, 15) is 0 Å². The molecule has 1 heterocycles. The van der Waals surface area contributed by atoms with Crippen LogP contribution in [0.5, 0.6) is 0 Å². The highest BCUT2D eigenvalue weighted by Crippen LogP contribution is 2.34. The molecule has 3 rings (SSSR count). The van der Waals surface area contributed by atoms with E-state index in [1.54, 1.807) is 5.56 Å². The van der Waals surface area contributed by atoms with Gasteiger partial charge in [0.25, 0.3) is 0 Å². The summed E-state index contributed by atoms with van der Waals surface area (Å²) < 4.78 is 0. The normalized spacial score (nSPS) is 17.1. The first-order valence-corrected chi connectivity index (χ1v) is 7.61. The maximum atomic E-state index is 4.10. The van der Waals surface area contributed by atoms with Gasteiger partial charge in [0.05, 0.1) is 0 Å². The van der Waals surface area contributed by atoms with E-state index >= 15 is 0 Å². The van der Waals surface area contributed by atoms with Gasteiger partial charge < -0.3 is 5.32 Å². The van der Waals surface area contributed by atoms with E-state index in [4.69, 9.17) is 0 Å². The summed E-state index contributed by atoms with van der Waals surface area (Å²) in [7, 11) is 0. The molecular formula is C18H22N2. The zero-order valence-electron chi connectivity index (χ0n) is 12.1. The van der Waals surface area contributed by atoms with Gasteiger partial charge >= 0.3 is 0 Å². The molecule has 0 saturated carbocycles. The number of aromatic nitrogens is 1. The van der Waals surface area contributed by atoms with Crippen molar-refractivity contribution in [1.29, 1.82) is 0 Å². The molecule has 1 aromatic carbocycles. The summed E-state index contributed by atoms with van der Waals surface area (Å²) in [6.45, 7) is 3.33. The van der Waals surface area contributed by atoms with Gasteiger partial charge in [-0.1, -0.05) is 25.1 Å². The molecule has 0 bridgehead atoms. The molecule has 1 aliphatic carbocycles. The highest BCUT2D eigenvalue weighted by atomic mass is 14.9. The molecule has 0 spiro atoms. The smallest absolute Gasteiger partial charge is 0.0326 e. The first-order valence-electron chi connectivity index (χ1n) is 7.61. The third kappa shape index (κ3) is 2.75. The van der Waals surface area contributed by atoms with Crippen molar-refractivity contribution in [3.63, 3.8) is 0 Å². The summed E-state index contributed by atoms with van der Waals surface area (Å²) in [4.78, 5) is 4.10. The Morgan fingerprint density at radius 1 is 1.20 bits per heavy atom. The van der Waals surface area contributed by atoms with Crippen LogP contribution in [0.2, 0.25) is 0 Å². The van der Waals surface area contributed by atoms with E-state index in [1.807, 2.05) is 12.4 Å². The Kier molecular flexibility index (Phi) is 4.12. The van der Waals surface area contributed by atoms with E-state index in [0.29, 0.717) is 6.04 Å². The highest BCUT2D eigenvalue weighted by molar-refractivity contribution is 5.43. The van der Waals surface area contributed by atoms with Gasteiger partial charge in [-0.25, -0.2) is 0 Å². The van der Waals surface area contributed by atoms with E-state index < -0.39 is 0 Å². The monoisotopic (exact) mass is 266 g/mol. The van der Waals surface area contributed by atoms with Gasteiger partial charge in [0, 0.05) is 18.4 Å². The van der Waals surface area contributed by atoms with Gasteiger partial charge in [0.15, 0.2) is 0 Å². The molecule has 1 aromatic heterocycles. The second kappa shape index (κ2) is 6.19. The third-order valence-corrected chi connectivity index (χ3v) is 4.15. The Labute approximate surface area is 121 Å². The summed E-state index contributed by atoms with van der Waals surface area (Å²) in [5.41, 5.74) is 5.91.